The van der Waals surface area contributed by atoms with Crippen LogP contribution in [0.3, 0.4) is 0 Å². The summed E-state index contributed by atoms with van der Waals surface area (Å²) in [7, 11) is 3.26. The van der Waals surface area contributed by atoms with Gasteiger partial charge in [0.2, 0.25) is 5.16 Å². The van der Waals surface area contributed by atoms with E-state index in [-0.39, 0.29) is 0 Å². The fraction of sp³-hybridized carbons (Fsp3) is 0.200. The average molecular weight is 426 g/mol. The monoisotopic (exact) mass is 425 g/mol. The molecule has 0 unspecified atom stereocenters. The predicted octanol–water partition coefficient (Wildman–Crippen LogP) is 4.40. The summed E-state index contributed by atoms with van der Waals surface area (Å²) in [5.41, 5.74) is 3.97. The highest BCUT2D eigenvalue weighted by molar-refractivity contribution is 7.98. The van der Waals surface area contributed by atoms with Crippen LogP contribution in [0.4, 0.5) is 0 Å². The standard InChI is InChI=1S/C20H19N5O2S2/c1-13-6-4-7-15(10-13)25-20(22-23-24-25)29-12-14-11-28-19(21-14)16-8-5-9-17(26-2)18(16)27-3/h4-11H,12H2,1-3H3. The highest BCUT2D eigenvalue weighted by Crippen LogP contribution is 2.39. The summed E-state index contributed by atoms with van der Waals surface area (Å²) in [6, 6.07) is 13.9. The third kappa shape index (κ3) is 4.10. The zero-order chi connectivity index (χ0) is 20.2. The van der Waals surface area contributed by atoms with Crippen LogP contribution >= 0.6 is 23.1 Å². The summed E-state index contributed by atoms with van der Waals surface area (Å²) in [4.78, 5) is 4.76. The van der Waals surface area contributed by atoms with Crippen LogP contribution in [0.2, 0.25) is 0 Å². The molecule has 7 nitrogen and oxygen atoms in total. The quantitative estimate of drug-likeness (QED) is 0.406. The Morgan fingerprint density at radius 2 is 1.97 bits per heavy atom. The Balaban J connectivity index is 1.53. The van der Waals surface area contributed by atoms with Crippen molar-refractivity contribution >= 4 is 23.1 Å². The summed E-state index contributed by atoms with van der Waals surface area (Å²) >= 11 is 3.12. The van der Waals surface area contributed by atoms with Crippen LogP contribution < -0.4 is 9.47 Å². The Kier molecular flexibility index (Phi) is 5.77. The second kappa shape index (κ2) is 8.62. The largest absolute Gasteiger partial charge is 0.493 e. The van der Waals surface area contributed by atoms with E-state index in [1.54, 1.807) is 42.0 Å². The number of thiazole rings is 1. The second-order valence-electron chi connectivity index (χ2n) is 6.19. The summed E-state index contributed by atoms with van der Waals surface area (Å²) < 4.78 is 12.7. The maximum Gasteiger partial charge on any atom is 0.214 e. The van der Waals surface area contributed by atoms with E-state index >= 15 is 0 Å². The van der Waals surface area contributed by atoms with Gasteiger partial charge in [0.05, 0.1) is 31.2 Å². The molecule has 0 saturated heterocycles. The maximum absolute atomic E-state index is 5.53. The zero-order valence-electron chi connectivity index (χ0n) is 16.2. The lowest BCUT2D eigenvalue weighted by molar-refractivity contribution is 0.356. The topological polar surface area (TPSA) is 75.0 Å². The van der Waals surface area contributed by atoms with E-state index in [4.69, 9.17) is 14.5 Å². The highest BCUT2D eigenvalue weighted by Gasteiger charge is 2.16. The summed E-state index contributed by atoms with van der Waals surface area (Å²) in [6.07, 6.45) is 0. The molecule has 0 N–H and O–H groups in total. The van der Waals surface area contributed by atoms with Crippen molar-refractivity contribution in [1.29, 1.82) is 0 Å². The predicted molar refractivity (Wildman–Crippen MR) is 114 cm³/mol. The smallest absolute Gasteiger partial charge is 0.214 e. The first kappa shape index (κ1) is 19.4. The van der Waals surface area contributed by atoms with Gasteiger partial charge in [-0.2, -0.15) is 4.68 Å². The minimum Gasteiger partial charge on any atom is -0.493 e. The third-order valence-corrected chi connectivity index (χ3v) is 6.10. The van der Waals surface area contributed by atoms with Crippen LogP contribution in [0.25, 0.3) is 16.3 Å². The number of ether oxygens (including phenoxy) is 2. The van der Waals surface area contributed by atoms with E-state index in [2.05, 4.69) is 21.6 Å². The number of nitrogens with zero attached hydrogens (tertiary/aromatic N) is 5. The molecule has 0 atom stereocenters. The van der Waals surface area contributed by atoms with Gasteiger partial charge in [-0.3, -0.25) is 0 Å². The lowest BCUT2D eigenvalue weighted by Crippen LogP contribution is -1.99. The Bertz CT molecular complexity index is 1130. The van der Waals surface area contributed by atoms with E-state index < -0.39 is 0 Å². The Labute approximate surface area is 176 Å². The molecule has 2 aromatic heterocycles. The van der Waals surface area contributed by atoms with Crippen molar-refractivity contribution in [2.45, 2.75) is 17.8 Å². The van der Waals surface area contributed by atoms with Crippen LogP contribution in [0, 0.1) is 6.92 Å². The molecule has 0 fully saturated rings. The van der Waals surface area contributed by atoms with E-state index in [1.807, 2.05) is 48.7 Å². The molecule has 0 aliphatic rings. The fourth-order valence-electron chi connectivity index (χ4n) is 2.88. The maximum atomic E-state index is 5.53. The van der Waals surface area contributed by atoms with E-state index in [1.165, 1.54) is 0 Å². The van der Waals surface area contributed by atoms with Crippen LogP contribution in [-0.4, -0.2) is 39.4 Å². The van der Waals surface area contributed by atoms with E-state index in [0.717, 1.165) is 32.7 Å². The first-order valence-corrected chi connectivity index (χ1v) is 10.7. The first-order chi connectivity index (χ1) is 14.2. The van der Waals surface area contributed by atoms with Gasteiger partial charge in [0.25, 0.3) is 0 Å². The van der Waals surface area contributed by atoms with Crippen molar-refractivity contribution < 1.29 is 9.47 Å². The Hall–Kier alpha value is -2.91. The van der Waals surface area contributed by atoms with Crippen LogP contribution in [0.15, 0.2) is 53.0 Å². The van der Waals surface area contributed by atoms with Gasteiger partial charge in [0, 0.05) is 11.1 Å². The zero-order valence-corrected chi connectivity index (χ0v) is 17.8. The van der Waals surface area contributed by atoms with Gasteiger partial charge < -0.3 is 9.47 Å². The highest BCUT2D eigenvalue weighted by atomic mass is 32.2. The number of para-hydroxylation sites is 1. The minimum absolute atomic E-state index is 0.662. The number of hydrogen-bond donors (Lipinski definition) is 0. The number of thioether (sulfide) groups is 1. The minimum atomic E-state index is 0.662. The molecule has 4 rings (SSSR count). The molecule has 0 amide bonds. The molecule has 0 spiro atoms. The summed E-state index contributed by atoms with van der Waals surface area (Å²) in [6.45, 7) is 2.05. The molecule has 29 heavy (non-hydrogen) atoms. The van der Waals surface area contributed by atoms with Crippen molar-refractivity contribution in [2.24, 2.45) is 0 Å². The van der Waals surface area contributed by atoms with Crippen molar-refractivity contribution in [2.75, 3.05) is 14.2 Å². The number of rotatable bonds is 7. The van der Waals surface area contributed by atoms with Crippen LogP contribution in [0.5, 0.6) is 11.5 Å². The lowest BCUT2D eigenvalue weighted by Gasteiger charge is -2.10. The van der Waals surface area contributed by atoms with Gasteiger partial charge in [0.1, 0.15) is 5.01 Å². The van der Waals surface area contributed by atoms with Gasteiger partial charge in [-0.05, 0) is 47.2 Å². The Morgan fingerprint density at radius 3 is 2.76 bits per heavy atom. The number of tetrazole rings is 1. The molecule has 2 aromatic carbocycles. The number of benzene rings is 2. The van der Waals surface area contributed by atoms with Gasteiger partial charge in [-0.1, -0.05) is 30.0 Å². The second-order valence-corrected chi connectivity index (χ2v) is 7.99. The Morgan fingerprint density at radius 1 is 1.10 bits per heavy atom. The van der Waals surface area contributed by atoms with Crippen LogP contribution in [-0.2, 0) is 5.75 Å². The van der Waals surface area contributed by atoms with Gasteiger partial charge in [-0.15, -0.1) is 16.4 Å². The van der Waals surface area contributed by atoms with Gasteiger partial charge in [-0.25, -0.2) is 4.98 Å². The number of hydrogen-bond acceptors (Lipinski definition) is 8. The fourth-order valence-corrected chi connectivity index (χ4v) is 4.61. The van der Waals surface area contributed by atoms with Gasteiger partial charge in [0.15, 0.2) is 11.5 Å². The third-order valence-electron chi connectivity index (χ3n) is 4.22. The molecule has 0 bridgehead atoms. The molecular formula is C20H19N5O2S2. The average Bonchev–Trinajstić information content (AvgIpc) is 3.41. The number of methoxy groups -OCH3 is 2. The summed E-state index contributed by atoms with van der Waals surface area (Å²) in [5.74, 6) is 2.04. The molecule has 0 aliphatic carbocycles. The van der Waals surface area contributed by atoms with Crippen LogP contribution in [0.1, 0.15) is 11.3 Å². The molecule has 4 aromatic rings. The molecule has 0 saturated carbocycles. The molecule has 0 aliphatic heterocycles. The molecule has 0 radical (unpaired) electrons. The van der Waals surface area contributed by atoms with E-state index in [9.17, 15) is 0 Å². The van der Waals surface area contributed by atoms with Crippen molar-refractivity contribution in [3.63, 3.8) is 0 Å². The lowest BCUT2D eigenvalue weighted by atomic mass is 10.2. The number of aryl methyl sites for hydroxylation is 1. The SMILES string of the molecule is COc1cccc(-c2nc(CSc3nnnn3-c3cccc(C)c3)cs2)c1OC. The molecule has 9 heteroatoms. The number of aromatic nitrogens is 5. The van der Waals surface area contributed by atoms with Crippen molar-refractivity contribution in [3.05, 3.63) is 59.1 Å². The summed E-state index contributed by atoms with van der Waals surface area (Å²) in [5, 5.41) is 15.8. The van der Waals surface area contributed by atoms with E-state index in [0.29, 0.717) is 17.3 Å². The van der Waals surface area contributed by atoms with Crippen molar-refractivity contribution in [1.82, 2.24) is 25.2 Å². The normalized spacial score (nSPS) is 10.9. The van der Waals surface area contributed by atoms with Gasteiger partial charge >= 0.3 is 0 Å². The molecule has 148 valence electrons. The first-order valence-electron chi connectivity index (χ1n) is 8.83. The van der Waals surface area contributed by atoms with Crippen molar-refractivity contribution in [3.8, 4) is 27.8 Å². The molecular weight excluding hydrogens is 406 g/mol. The molecule has 2 heterocycles.